The highest BCUT2D eigenvalue weighted by Crippen LogP contribution is 2.33. The van der Waals surface area contributed by atoms with E-state index in [0.29, 0.717) is 13.0 Å². The summed E-state index contributed by atoms with van der Waals surface area (Å²) in [4.78, 5) is 2.62. The molecule has 2 rings (SSSR count). The third kappa shape index (κ3) is 2.60. The molecule has 1 heterocycles. The first-order chi connectivity index (χ1) is 7.31. The molecule has 1 atom stereocenters. The van der Waals surface area contributed by atoms with Gasteiger partial charge in [-0.1, -0.05) is 6.42 Å². The summed E-state index contributed by atoms with van der Waals surface area (Å²) in [5.41, 5.74) is 6.93. The lowest BCUT2D eigenvalue weighted by Crippen LogP contribution is -2.05. The van der Waals surface area contributed by atoms with Gasteiger partial charge in [0.05, 0.1) is 6.10 Å². The summed E-state index contributed by atoms with van der Waals surface area (Å²) < 4.78 is 0. The Bertz CT molecular complexity index is 298. The summed E-state index contributed by atoms with van der Waals surface area (Å²) in [5, 5.41) is 9.87. The van der Waals surface area contributed by atoms with Crippen molar-refractivity contribution in [2.24, 2.45) is 5.73 Å². The van der Waals surface area contributed by atoms with Gasteiger partial charge in [-0.15, -0.1) is 11.3 Å². The molecule has 84 valence electrons. The van der Waals surface area contributed by atoms with Gasteiger partial charge in [0.15, 0.2) is 0 Å². The second-order valence-corrected chi connectivity index (χ2v) is 5.42. The van der Waals surface area contributed by atoms with E-state index in [1.807, 2.05) is 0 Å². The molecule has 0 fully saturated rings. The summed E-state index contributed by atoms with van der Waals surface area (Å²) in [6, 6.07) is 2.20. The SMILES string of the molecule is NCCC(O)c1cc2c(s1)CCCCC2. The molecule has 2 nitrogen and oxygen atoms in total. The van der Waals surface area contributed by atoms with Crippen molar-refractivity contribution in [2.45, 2.75) is 44.6 Å². The van der Waals surface area contributed by atoms with Gasteiger partial charge in [-0.25, -0.2) is 0 Å². The van der Waals surface area contributed by atoms with Crippen molar-refractivity contribution >= 4 is 11.3 Å². The quantitative estimate of drug-likeness (QED) is 0.776. The summed E-state index contributed by atoms with van der Waals surface area (Å²) in [7, 11) is 0. The zero-order chi connectivity index (χ0) is 10.7. The van der Waals surface area contributed by atoms with E-state index in [0.717, 1.165) is 4.88 Å². The lowest BCUT2D eigenvalue weighted by Gasteiger charge is -2.05. The van der Waals surface area contributed by atoms with Crippen LogP contribution in [0.3, 0.4) is 0 Å². The van der Waals surface area contributed by atoms with E-state index in [2.05, 4.69) is 6.07 Å². The number of hydrogen-bond acceptors (Lipinski definition) is 3. The van der Waals surface area contributed by atoms with E-state index in [-0.39, 0.29) is 6.10 Å². The fourth-order valence-corrected chi connectivity index (χ4v) is 3.43. The lowest BCUT2D eigenvalue weighted by atomic mass is 10.1. The molecule has 3 heteroatoms. The smallest absolute Gasteiger partial charge is 0.0894 e. The van der Waals surface area contributed by atoms with Crippen molar-refractivity contribution in [3.63, 3.8) is 0 Å². The normalized spacial score (nSPS) is 18.3. The van der Waals surface area contributed by atoms with Gasteiger partial charge in [-0.3, -0.25) is 0 Å². The van der Waals surface area contributed by atoms with Gasteiger partial charge < -0.3 is 10.8 Å². The van der Waals surface area contributed by atoms with Crippen LogP contribution in [-0.4, -0.2) is 11.7 Å². The largest absolute Gasteiger partial charge is 0.388 e. The fourth-order valence-electron chi connectivity index (χ4n) is 2.15. The van der Waals surface area contributed by atoms with Crippen LogP contribution in [0.2, 0.25) is 0 Å². The fraction of sp³-hybridized carbons (Fsp3) is 0.667. The third-order valence-corrected chi connectivity index (χ3v) is 4.37. The molecule has 1 unspecified atom stereocenters. The molecule has 1 aliphatic carbocycles. The monoisotopic (exact) mass is 225 g/mol. The van der Waals surface area contributed by atoms with Crippen LogP contribution in [0, 0.1) is 0 Å². The first-order valence-electron chi connectivity index (χ1n) is 5.81. The van der Waals surface area contributed by atoms with Gasteiger partial charge in [0, 0.05) is 9.75 Å². The van der Waals surface area contributed by atoms with Gasteiger partial charge in [0.25, 0.3) is 0 Å². The lowest BCUT2D eigenvalue weighted by molar-refractivity contribution is 0.174. The molecule has 1 aromatic heterocycles. The number of rotatable bonds is 3. The molecular formula is C12H19NOS. The zero-order valence-electron chi connectivity index (χ0n) is 9.04. The Morgan fingerprint density at radius 3 is 2.93 bits per heavy atom. The zero-order valence-corrected chi connectivity index (χ0v) is 9.85. The molecule has 3 N–H and O–H groups in total. The van der Waals surface area contributed by atoms with Crippen molar-refractivity contribution in [1.29, 1.82) is 0 Å². The average Bonchev–Trinajstić information content (AvgIpc) is 2.51. The van der Waals surface area contributed by atoms with Crippen LogP contribution in [0.5, 0.6) is 0 Å². The van der Waals surface area contributed by atoms with Crippen molar-refractivity contribution in [3.05, 3.63) is 21.4 Å². The second kappa shape index (κ2) is 5.10. The summed E-state index contributed by atoms with van der Waals surface area (Å²) in [5.74, 6) is 0. The molecule has 0 bridgehead atoms. The van der Waals surface area contributed by atoms with E-state index in [4.69, 9.17) is 5.73 Å². The Morgan fingerprint density at radius 1 is 1.33 bits per heavy atom. The van der Waals surface area contributed by atoms with E-state index in [9.17, 15) is 5.11 Å². The average molecular weight is 225 g/mol. The maximum absolute atomic E-state index is 9.87. The molecule has 0 saturated carbocycles. The predicted molar refractivity (Wildman–Crippen MR) is 64.2 cm³/mol. The molecule has 1 aromatic rings. The van der Waals surface area contributed by atoms with Crippen LogP contribution in [0.1, 0.15) is 47.1 Å². The number of nitrogens with two attached hydrogens (primary N) is 1. The third-order valence-electron chi connectivity index (χ3n) is 3.03. The molecule has 15 heavy (non-hydrogen) atoms. The second-order valence-electron chi connectivity index (χ2n) is 4.25. The highest BCUT2D eigenvalue weighted by Gasteiger charge is 2.16. The Hall–Kier alpha value is -0.380. The molecule has 0 aliphatic heterocycles. The minimum atomic E-state index is -0.341. The van der Waals surface area contributed by atoms with Gasteiger partial charge in [0.1, 0.15) is 0 Å². The van der Waals surface area contributed by atoms with Crippen molar-refractivity contribution < 1.29 is 5.11 Å². The molecule has 1 aliphatic rings. The number of aryl methyl sites for hydroxylation is 2. The summed E-state index contributed by atoms with van der Waals surface area (Å²) >= 11 is 1.79. The number of aliphatic hydroxyl groups excluding tert-OH is 1. The number of fused-ring (bicyclic) bond motifs is 1. The highest BCUT2D eigenvalue weighted by atomic mass is 32.1. The van der Waals surface area contributed by atoms with Crippen LogP contribution in [0.15, 0.2) is 6.07 Å². The molecule has 0 spiro atoms. The minimum absolute atomic E-state index is 0.341. The minimum Gasteiger partial charge on any atom is -0.388 e. The topological polar surface area (TPSA) is 46.2 Å². The van der Waals surface area contributed by atoms with Gasteiger partial charge in [0.2, 0.25) is 0 Å². The number of hydrogen-bond donors (Lipinski definition) is 2. The molecule has 0 radical (unpaired) electrons. The van der Waals surface area contributed by atoms with Gasteiger partial charge in [-0.05, 0) is 50.3 Å². The summed E-state index contributed by atoms with van der Waals surface area (Å²) in [6.07, 6.45) is 6.70. The van der Waals surface area contributed by atoms with Crippen LogP contribution in [-0.2, 0) is 12.8 Å². The molecule has 0 saturated heterocycles. The Balaban J connectivity index is 2.14. The van der Waals surface area contributed by atoms with Crippen LogP contribution in [0.4, 0.5) is 0 Å². The Morgan fingerprint density at radius 2 is 2.13 bits per heavy atom. The molecule has 0 amide bonds. The van der Waals surface area contributed by atoms with Gasteiger partial charge in [-0.2, -0.15) is 0 Å². The Kier molecular flexibility index (Phi) is 3.78. The van der Waals surface area contributed by atoms with E-state index < -0.39 is 0 Å². The number of aliphatic hydroxyl groups is 1. The van der Waals surface area contributed by atoms with Crippen LogP contribution >= 0.6 is 11.3 Å². The van der Waals surface area contributed by atoms with Crippen molar-refractivity contribution in [3.8, 4) is 0 Å². The summed E-state index contributed by atoms with van der Waals surface area (Å²) in [6.45, 7) is 0.559. The van der Waals surface area contributed by atoms with E-state index in [1.54, 1.807) is 11.3 Å². The van der Waals surface area contributed by atoms with E-state index >= 15 is 0 Å². The predicted octanol–water partition coefficient (Wildman–Crippen LogP) is 2.40. The standard InChI is InChI=1S/C12H19NOS/c13-7-6-10(14)12-8-9-4-2-1-3-5-11(9)15-12/h8,10,14H,1-7,13H2. The molecule has 0 aromatic carbocycles. The van der Waals surface area contributed by atoms with Crippen molar-refractivity contribution in [2.75, 3.05) is 6.54 Å². The number of thiophene rings is 1. The first-order valence-corrected chi connectivity index (χ1v) is 6.62. The maximum atomic E-state index is 9.87. The first kappa shape index (κ1) is 11.1. The van der Waals surface area contributed by atoms with Crippen LogP contribution in [0.25, 0.3) is 0 Å². The Labute approximate surface area is 95.1 Å². The molecular weight excluding hydrogens is 206 g/mol. The van der Waals surface area contributed by atoms with Crippen molar-refractivity contribution in [1.82, 2.24) is 0 Å². The van der Waals surface area contributed by atoms with E-state index in [1.165, 1.54) is 42.5 Å². The highest BCUT2D eigenvalue weighted by molar-refractivity contribution is 7.12. The van der Waals surface area contributed by atoms with Gasteiger partial charge >= 0.3 is 0 Å². The van der Waals surface area contributed by atoms with Crippen LogP contribution < -0.4 is 5.73 Å². The maximum Gasteiger partial charge on any atom is 0.0894 e.